The maximum Gasteiger partial charge on any atom is 0.265 e. The summed E-state index contributed by atoms with van der Waals surface area (Å²) in [7, 11) is 0. The maximum atomic E-state index is 12.5. The van der Waals surface area contributed by atoms with Crippen molar-refractivity contribution in [3.05, 3.63) is 43.0 Å². The first-order valence-electron chi connectivity index (χ1n) is 6.07. The van der Waals surface area contributed by atoms with Crippen molar-refractivity contribution in [3.8, 4) is 5.75 Å². The van der Waals surface area contributed by atoms with E-state index in [0.29, 0.717) is 21.9 Å². The number of hydrogen-bond donors (Lipinski definition) is 1. The van der Waals surface area contributed by atoms with Crippen LogP contribution in [-0.2, 0) is 4.79 Å². The minimum Gasteiger partial charge on any atom is -0.479 e. The fraction of sp³-hybridized carbons (Fsp3) is 0.143. The summed E-state index contributed by atoms with van der Waals surface area (Å²) in [5.41, 5.74) is 1.03. The van der Waals surface area contributed by atoms with Gasteiger partial charge in [-0.05, 0) is 63.0 Å². The molecule has 3 rings (SSSR count). The van der Waals surface area contributed by atoms with E-state index in [9.17, 15) is 9.59 Å². The fourth-order valence-electron chi connectivity index (χ4n) is 1.95. The molecule has 0 bridgehead atoms. The minimum absolute atomic E-state index is 0.0953. The van der Waals surface area contributed by atoms with Crippen LogP contribution in [0.1, 0.15) is 22.2 Å². The standard InChI is InChI=1S/C14H9Br2NO3S/c1-6-14(19)17-9-4-7(2-3-10(9)20-6)12(18)11-5-8(15)13(16)21-11/h2-6H,1H3,(H,17,19). The molecule has 1 aliphatic rings. The van der Waals surface area contributed by atoms with Crippen LogP contribution in [0.15, 0.2) is 32.5 Å². The van der Waals surface area contributed by atoms with Crippen molar-refractivity contribution in [2.24, 2.45) is 0 Å². The normalized spacial score (nSPS) is 16.9. The first-order valence-corrected chi connectivity index (χ1v) is 8.47. The van der Waals surface area contributed by atoms with Crippen molar-refractivity contribution in [1.29, 1.82) is 0 Å². The molecule has 108 valence electrons. The summed E-state index contributed by atoms with van der Waals surface area (Å²) >= 11 is 8.10. The Balaban J connectivity index is 1.95. The molecule has 0 spiro atoms. The summed E-state index contributed by atoms with van der Waals surface area (Å²) in [6.07, 6.45) is -0.525. The van der Waals surface area contributed by atoms with Crippen LogP contribution in [0.5, 0.6) is 5.75 Å². The van der Waals surface area contributed by atoms with Crippen LogP contribution >= 0.6 is 43.2 Å². The lowest BCUT2D eigenvalue weighted by atomic mass is 10.1. The zero-order chi connectivity index (χ0) is 15.1. The predicted octanol–water partition coefficient (Wildman–Crippen LogP) is 4.22. The molecule has 7 heteroatoms. The topological polar surface area (TPSA) is 55.4 Å². The molecule has 4 nitrogen and oxygen atoms in total. The average molecular weight is 431 g/mol. The van der Waals surface area contributed by atoms with Crippen molar-refractivity contribution in [3.63, 3.8) is 0 Å². The monoisotopic (exact) mass is 429 g/mol. The van der Waals surface area contributed by atoms with E-state index < -0.39 is 6.10 Å². The number of carbonyl (C=O) groups is 2. The van der Waals surface area contributed by atoms with Crippen LogP contribution in [0.2, 0.25) is 0 Å². The van der Waals surface area contributed by atoms with Crippen molar-refractivity contribution in [2.45, 2.75) is 13.0 Å². The molecule has 0 aliphatic carbocycles. The summed E-state index contributed by atoms with van der Waals surface area (Å²) in [4.78, 5) is 24.7. The number of ether oxygens (including phenoxy) is 1. The number of amides is 1. The molecular formula is C14H9Br2NO3S. The lowest BCUT2D eigenvalue weighted by Crippen LogP contribution is -2.34. The smallest absolute Gasteiger partial charge is 0.265 e. The maximum absolute atomic E-state index is 12.5. The number of halogens is 2. The number of hydrogen-bond acceptors (Lipinski definition) is 4. The lowest BCUT2D eigenvalue weighted by molar-refractivity contribution is -0.122. The van der Waals surface area contributed by atoms with Gasteiger partial charge in [-0.25, -0.2) is 0 Å². The van der Waals surface area contributed by atoms with E-state index in [4.69, 9.17) is 4.74 Å². The van der Waals surface area contributed by atoms with E-state index in [1.807, 2.05) is 0 Å². The second kappa shape index (κ2) is 5.55. The Labute approximate surface area is 141 Å². The average Bonchev–Trinajstić information content (AvgIpc) is 2.79. The highest BCUT2D eigenvalue weighted by Crippen LogP contribution is 2.35. The van der Waals surface area contributed by atoms with Gasteiger partial charge in [-0.15, -0.1) is 11.3 Å². The number of anilines is 1. The van der Waals surface area contributed by atoms with Gasteiger partial charge in [0.05, 0.1) is 14.4 Å². The zero-order valence-electron chi connectivity index (χ0n) is 10.8. The van der Waals surface area contributed by atoms with Crippen LogP contribution in [-0.4, -0.2) is 17.8 Å². The summed E-state index contributed by atoms with van der Waals surface area (Å²) in [5.74, 6) is 0.267. The Hall–Kier alpha value is -1.18. The largest absolute Gasteiger partial charge is 0.479 e. The molecule has 0 fully saturated rings. The first kappa shape index (κ1) is 14.7. The highest BCUT2D eigenvalue weighted by Gasteiger charge is 2.24. The number of nitrogens with one attached hydrogen (secondary N) is 1. The Kier molecular flexibility index (Phi) is 3.90. The SMILES string of the molecule is CC1Oc2ccc(C(=O)c3cc(Br)c(Br)s3)cc2NC1=O. The van der Waals surface area contributed by atoms with Gasteiger partial charge in [0.25, 0.3) is 5.91 Å². The van der Waals surface area contributed by atoms with E-state index in [1.54, 1.807) is 31.2 Å². The fourth-order valence-corrected chi connectivity index (χ4v) is 3.95. The Morgan fingerprint density at radius 1 is 1.33 bits per heavy atom. The van der Waals surface area contributed by atoms with E-state index >= 15 is 0 Å². The number of benzene rings is 1. The van der Waals surface area contributed by atoms with Crippen LogP contribution in [0, 0.1) is 0 Å². The molecule has 1 amide bonds. The quantitative estimate of drug-likeness (QED) is 0.725. The number of ketones is 1. The molecule has 1 atom stereocenters. The van der Waals surface area contributed by atoms with Crippen LogP contribution in [0.4, 0.5) is 5.69 Å². The van der Waals surface area contributed by atoms with Gasteiger partial charge < -0.3 is 10.1 Å². The highest BCUT2D eigenvalue weighted by atomic mass is 79.9. The molecule has 1 N–H and O–H groups in total. The summed E-state index contributed by atoms with van der Waals surface area (Å²) < 4.78 is 7.19. The van der Waals surface area contributed by atoms with Gasteiger partial charge in [0, 0.05) is 10.0 Å². The van der Waals surface area contributed by atoms with Crippen LogP contribution < -0.4 is 10.1 Å². The van der Waals surface area contributed by atoms with Gasteiger partial charge in [-0.2, -0.15) is 0 Å². The second-order valence-electron chi connectivity index (χ2n) is 4.52. The molecular weight excluding hydrogens is 422 g/mol. The van der Waals surface area contributed by atoms with Gasteiger partial charge in [0.1, 0.15) is 5.75 Å². The van der Waals surface area contributed by atoms with E-state index in [1.165, 1.54) is 11.3 Å². The third kappa shape index (κ3) is 2.77. The molecule has 1 aromatic carbocycles. The molecule has 1 unspecified atom stereocenters. The molecule has 2 aromatic rings. The number of carbonyl (C=O) groups excluding carboxylic acids is 2. The first-order chi connectivity index (χ1) is 9.95. The highest BCUT2D eigenvalue weighted by molar-refractivity contribution is 9.13. The number of rotatable bonds is 2. The van der Waals surface area contributed by atoms with Crippen molar-refractivity contribution < 1.29 is 14.3 Å². The third-order valence-electron chi connectivity index (χ3n) is 3.04. The Morgan fingerprint density at radius 3 is 2.76 bits per heavy atom. The lowest BCUT2D eigenvalue weighted by Gasteiger charge is -2.23. The number of fused-ring (bicyclic) bond motifs is 1. The van der Waals surface area contributed by atoms with Gasteiger partial charge in [-0.3, -0.25) is 9.59 Å². The van der Waals surface area contributed by atoms with Crippen molar-refractivity contribution in [2.75, 3.05) is 5.32 Å². The summed E-state index contributed by atoms with van der Waals surface area (Å²) in [6, 6.07) is 6.82. The van der Waals surface area contributed by atoms with Gasteiger partial charge in [0.15, 0.2) is 6.10 Å². The molecule has 0 radical (unpaired) electrons. The minimum atomic E-state index is -0.525. The van der Waals surface area contributed by atoms with Gasteiger partial charge >= 0.3 is 0 Å². The van der Waals surface area contributed by atoms with E-state index in [2.05, 4.69) is 37.2 Å². The molecule has 1 aromatic heterocycles. The van der Waals surface area contributed by atoms with Gasteiger partial charge in [0.2, 0.25) is 5.78 Å². The summed E-state index contributed by atoms with van der Waals surface area (Å²) in [6.45, 7) is 1.68. The van der Waals surface area contributed by atoms with Crippen molar-refractivity contribution in [1.82, 2.24) is 0 Å². The third-order valence-corrected chi connectivity index (χ3v) is 6.30. The van der Waals surface area contributed by atoms with Crippen LogP contribution in [0.3, 0.4) is 0 Å². The predicted molar refractivity (Wildman–Crippen MR) is 88.3 cm³/mol. The van der Waals surface area contributed by atoms with E-state index in [0.717, 1.165) is 8.26 Å². The van der Waals surface area contributed by atoms with Crippen LogP contribution in [0.25, 0.3) is 0 Å². The Morgan fingerprint density at radius 2 is 2.10 bits per heavy atom. The second-order valence-corrected chi connectivity index (χ2v) is 7.75. The van der Waals surface area contributed by atoms with Crippen molar-refractivity contribution >= 4 is 60.6 Å². The zero-order valence-corrected chi connectivity index (χ0v) is 14.8. The molecule has 2 heterocycles. The summed E-state index contributed by atoms with van der Waals surface area (Å²) in [5, 5.41) is 2.74. The van der Waals surface area contributed by atoms with E-state index in [-0.39, 0.29) is 11.7 Å². The molecule has 0 saturated heterocycles. The molecule has 21 heavy (non-hydrogen) atoms. The number of thiophene rings is 1. The molecule has 0 saturated carbocycles. The molecule has 1 aliphatic heterocycles. The Bertz CT molecular complexity index is 737. The van der Waals surface area contributed by atoms with Gasteiger partial charge in [-0.1, -0.05) is 0 Å².